The molecule has 0 aliphatic heterocycles. The smallest absolute Gasteiger partial charge is 0.149 e. The Labute approximate surface area is 75.2 Å². The molecule has 0 N–H and O–H groups in total. The van der Waals surface area contributed by atoms with Crippen molar-refractivity contribution in [3.63, 3.8) is 0 Å². The predicted octanol–water partition coefficient (Wildman–Crippen LogP) is 3.27. The number of hydrogen-bond donors (Lipinski definition) is 0. The number of aldehydes is 1. The van der Waals surface area contributed by atoms with Gasteiger partial charge in [-0.25, -0.2) is 0 Å². The van der Waals surface area contributed by atoms with E-state index in [2.05, 4.69) is 13.8 Å². The standard InChI is InChI=1S/C11H18O/c1-4-6-8-11(9-12)10(3)7-5-2/h6,8-9H,4-5,7H2,1-3H3/b8-6?,11-10+. The van der Waals surface area contributed by atoms with Gasteiger partial charge in [-0.05, 0) is 19.8 Å². The first-order valence-corrected chi connectivity index (χ1v) is 4.57. The molecule has 0 saturated carbocycles. The Bertz CT molecular complexity index is 187. The van der Waals surface area contributed by atoms with E-state index in [0.717, 1.165) is 31.1 Å². The zero-order chi connectivity index (χ0) is 9.40. The van der Waals surface area contributed by atoms with Gasteiger partial charge in [-0.2, -0.15) is 0 Å². The van der Waals surface area contributed by atoms with Crippen LogP contribution in [-0.2, 0) is 4.79 Å². The Morgan fingerprint density at radius 1 is 1.33 bits per heavy atom. The molecule has 0 heterocycles. The van der Waals surface area contributed by atoms with E-state index in [1.54, 1.807) is 0 Å². The molecule has 0 fully saturated rings. The van der Waals surface area contributed by atoms with Gasteiger partial charge in [0.1, 0.15) is 6.29 Å². The van der Waals surface area contributed by atoms with E-state index in [4.69, 9.17) is 0 Å². The summed E-state index contributed by atoms with van der Waals surface area (Å²) < 4.78 is 0. The molecule has 0 aliphatic rings. The zero-order valence-electron chi connectivity index (χ0n) is 8.26. The minimum absolute atomic E-state index is 0.846. The van der Waals surface area contributed by atoms with Gasteiger partial charge in [-0.3, -0.25) is 4.79 Å². The lowest BCUT2D eigenvalue weighted by molar-refractivity contribution is -0.104. The highest BCUT2D eigenvalue weighted by Gasteiger charge is 1.95. The number of rotatable bonds is 5. The van der Waals surface area contributed by atoms with Crippen molar-refractivity contribution in [1.29, 1.82) is 0 Å². The zero-order valence-corrected chi connectivity index (χ0v) is 8.26. The molecular formula is C11H18O. The van der Waals surface area contributed by atoms with Crippen molar-refractivity contribution in [2.75, 3.05) is 0 Å². The molecule has 0 bridgehead atoms. The molecule has 1 nitrogen and oxygen atoms in total. The van der Waals surface area contributed by atoms with Crippen molar-refractivity contribution in [1.82, 2.24) is 0 Å². The third-order valence-corrected chi connectivity index (χ3v) is 1.78. The van der Waals surface area contributed by atoms with Crippen molar-refractivity contribution in [2.24, 2.45) is 0 Å². The van der Waals surface area contributed by atoms with Crippen LogP contribution in [0.1, 0.15) is 40.0 Å². The first-order chi connectivity index (χ1) is 5.76. The second kappa shape index (κ2) is 6.84. The highest BCUT2D eigenvalue weighted by atomic mass is 16.1. The lowest BCUT2D eigenvalue weighted by Crippen LogP contribution is -1.86. The van der Waals surface area contributed by atoms with Crippen molar-refractivity contribution in [3.8, 4) is 0 Å². The van der Waals surface area contributed by atoms with Crippen LogP contribution in [0.25, 0.3) is 0 Å². The average Bonchev–Trinajstić information content (AvgIpc) is 2.06. The van der Waals surface area contributed by atoms with Gasteiger partial charge in [0.15, 0.2) is 0 Å². The molecule has 0 aromatic rings. The molecule has 0 rings (SSSR count). The second-order valence-electron chi connectivity index (χ2n) is 2.91. The summed E-state index contributed by atoms with van der Waals surface area (Å²) in [5, 5.41) is 0. The number of hydrogen-bond acceptors (Lipinski definition) is 1. The van der Waals surface area contributed by atoms with Crippen LogP contribution in [-0.4, -0.2) is 6.29 Å². The molecule has 1 heteroatoms. The van der Waals surface area contributed by atoms with Gasteiger partial charge in [0, 0.05) is 5.57 Å². The van der Waals surface area contributed by atoms with Crippen LogP contribution in [0.5, 0.6) is 0 Å². The molecule has 0 atom stereocenters. The first-order valence-electron chi connectivity index (χ1n) is 4.57. The molecule has 0 spiro atoms. The maximum Gasteiger partial charge on any atom is 0.149 e. The fourth-order valence-corrected chi connectivity index (χ4v) is 1.05. The van der Waals surface area contributed by atoms with Crippen molar-refractivity contribution in [2.45, 2.75) is 40.0 Å². The molecule has 0 amide bonds. The number of allylic oxidation sites excluding steroid dienone is 4. The van der Waals surface area contributed by atoms with E-state index in [9.17, 15) is 4.79 Å². The van der Waals surface area contributed by atoms with Gasteiger partial charge < -0.3 is 0 Å². The monoisotopic (exact) mass is 166 g/mol. The molecule has 0 unspecified atom stereocenters. The number of carbonyl (C=O) groups excluding carboxylic acids is 1. The maximum atomic E-state index is 10.6. The van der Waals surface area contributed by atoms with Crippen LogP contribution < -0.4 is 0 Å². The summed E-state index contributed by atoms with van der Waals surface area (Å²) in [6.07, 6.45) is 7.97. The lowest BCUT2D eigenvalue weighted by atomic mass is 10.1. The first kappa shape index (κ1) is 11.2. The summed E-state index contributed by atoms with van der Waals surface area (Å²) >= 11 is 0. The van der Waals surface area contributed by atoms with E-state index in [0.29, 0.717) is 0 Å². The van der Waals surface area contributed by atoms with Crippen LogP contribution in [0.3, 0.4) is 0 Å². The van der Waals surface area contributed by atoms with E-state index in [-0.39, 0.29) is 0 Å². The highest BCUT2D eigenvalue weighted by molar-refractivity contribution is 5.78. The summed E-state index contributed by atoms with van der Waals surface area (Å²) in [5.74, 6) is 0. The van der Waals surface area contributed by atoms with Gasteiger partial charge >= 0.3 is 0 Å². The summed E-state index contributed by atoms with van der Waals surface area (Å²) in [5.41, 5.74) is 2.04. The summed E-state index contributed by atoms with van der Waals surface area (Å²) in [6.45, 7) is 6.21. The van der Waals surface area contributed by atoms with E-state index >= 15 is 0 Å². The molecule has 0 radical (unpaired) electrons. The SMILES string of the molecule is CCC=C/C(C=O)=C(/C)CCC. The largest absolute Gasteiger partial charge is 0.298 e. The van der Waals surface area contributed by atoms with Gasteiger partial charge in [-0.15, -0.1) is 0 Å². The van der Waals surface area contributed by atoms with Crippen LogP contribution in [0.4, 0.5) is 0 Å². The third kappa shape index (κ3) is 4.12. The summed E-state index contributed by atoms with van der Waals surface area (Å²) in [7, 11) is 0. The van der Waals surface area contributed by atoms with E-state index < -0.39 is 0 Å². The lowest BCUT2D eigenvalue weighted by Gasteiger charge is -1.99. The van der Waals surface area contributed by atoms with Crippen molar-refractivity contribution >= 4 is 6.29 Å². The van der Waals surface area contributed by atoms with Crippen molar-refractivity contribution < 1.29 is 4.79 Å². The highest BCUT2D eigenvalue weighted by Crippen LogP contribution is 2.09. The minimum atomic E-state index is 0.846. The molecule has 0 aromatic carbocycles. The molecule has 12 heavy (non-hydrogen) atoms. The Morgan fingerprint density at radius 2 is 2.00 bits per heavy atom. The molecule has 68 valence electrons. The summed E-state index contributed by atoms with van der Waals surface area (Å²) in [6, 6.07) is 0. The Morgan fingerprint density at radius 3 is 2.42 bits per heavy atom. The minimum Gasteiger partial charge on any atom is -0.298 e. The van der Waals surface area contributed by atoms with E-state index in [1.807, 2.05) is 19.1 Å². The van der Waals surface area contributed by atoms with Gasteiger partial charge in [0.2, 0.25) is 0 Å². The van der Waals surface area contributed by atoms with Crippen LogP contribution >= 0.6 is 0 Å². The fourth-order valence-electron chi connectivity index (χ4n) is 1.05. The average molecular weight is 166 g/mol. The van der Waals surface area contributed by atoms with E-state index in [1.165, 1.54) is 5.57 Å². The summed E-state index contributed by atoms with van der Waals surface area (Å²) in [4.78, 5) is 10.6. The predicted molar refractivity (Wildman–Crippen MR) is 53.1 cm³/mol. The Kier molecular flexibility index (Phi) is 6.35. The third-order valence-electron chi connectivity index (χ3n) is 1.78. The Balaban J connectivity index is 4.38. The van der Waals surface area contributed by atoms with Gasteiger partial charge in [0.05, 0.1) is 0 Å². The van der Waals surface area contributed by atoms with Crippen LogP contribution in [0, 0.1) is 0 Å². The topological polar surface area (TPSA) is 17.1 Å². The van der Waals surface area contributed by atoms with Crippen LogP contribution in [0.2, 0.25) is 0 Å². The molecule has 0 aromatic heterocycles. The maximum absolute atomic E-state index is 10.6. The molecule has 0 aliphatic carbocycles. The second-order valence-corrected chi connectivity index (χ2v) is 2.91. The van der Waals surface area contributed by atoms with Gasteiger partial charge in [0.25, 0.3) is 0 Å². The fraction of sp³-hybridized carbons (Fsp3) is 0.545. The molecular weight excluding hydrogens is 148 g/mol. The van der Waals surface area contributed by atoms with Crippen LogP contribution in [0.15, 0.2) is 23.3 Å². The van der Waals surface area contributed by atoms with Crippen molar-refractivity contribution in [3.05, 3.63) is 23.3 Å². The Hall–Kier alpha value is -0.850. The van der Waals surface area contributed by atoms with Gasteiger partial charge in [-0.1, -0.05) is 38.0 Å². The normalized spacial score (nSPS) is 13.2. The number of carbonyl (C=O) groups is 1. The molecule has 0 saturated heterocycles. The quantitative estimate of drug-likeness (QED) is 0.348.